The minimum Gasteiger partial charge on any atom is -0.379 e. The number of nitrogens with one attached hydrogen (secondary N) is 1. The van der Waals surface area contributed by atoms with E-state index in [2.05, 4.69) is 17.1 Å². The first kappa shape index (κ1) is 19.4. The predicted molar refractivity (Wildman–Crippen MR) is 100.0 cm³/mol. The molecule has 7 heteroatoms. The molecule has 1 N–H and O–H groups in total. The van der Waals surface area contributed by atoms with Crippen LogP contribution < -0.4 is 5.32 Å². The molecule has 0 bridgehead atoms. The van der Waals surface area contributed by atoms with Crippen LogP contribution in [0.2, 0.25) is 0 Å². The molecule has 3 aliphatic rings. The van der Waals surface area contributed by atoms with Crippen molar-refractivity contribution in [3.63, 3.8) is 0 Å². The van der Waals surface area contributed by atoms with Crippen molar-refractivity contribution in [3.05, 3.63) is 0 Å². The molecule has 1 unspecified atom stereocenters. The molecule has 1 atom stereocenters. The van der Waals surface area contributed by atoms with Gasteiger partial charge < -0.3 is 19.9 Å². The third-order valence-electron chi connectivity index (χ3n) is 6.04. The number of urea groups is 1. The first-order valence-electron chi connectivity index (χ1n) is 10.3. The van der Waals surface area contributed by atoms with Gasteiger partial charge in [-0.2, -0.15) is 0 Å². The Morgan fingerprint density at radius 1 is 1.00 bits per heavy atom. The Labute approximate surface area is 157 Å². The molecule has 7 nitrogen and oxygen atoms in total. The van der Waals surface area contributed by atoms with Crippen molar-refractivity contribution in [1.82, 2.24) is 20.0 Å². The Kier molecular flexibility index (Phi) is 7.14. The maximum absolute atomic E-state index is 12.4. The largest absolute Gasteiger partial charge is 0.379 e. The maximum Gasteiger partial charge on any atom is 0.317 e. The van der Waals surface area contributed by atoms with Crippen LogP contribution in [-0.2, 0) is 9.53 Å². The van der Waals surface area contributed by atoms with Crippen molar-refractivity contribution in [2.45, 2.75) is 45.1 Å². The van der Waals surface area contributed by atoms with Gasteiger partial charge in [-0.25, -0.2) is 4.79 Å². The second-order valence-electron chi connectivity index (χ2n) is 7.91. The summed E-state index contributed by atoms with van der Waals surface area (Å²) >= 11 is 0. The minimum absolute atomic E-state index is 0.0365. The van der Waals surface area contributed by atoms with Crippen LogP contribution in [0.3, 0.4) is 0 Å². The second kappa shape index (κ2) is 9.55. The van der Waals surface area contributed by atoms with Gasteiger partial charge in [0.2, 0.25) is 5.91 Å². The van der Waals surface area contributed by atoms with Gasteiger partial charge in [0.05, 0.1) is 13.2 Å². The molecule has 3 aliphatic heterocycles. The number of piperidine rings is 1. The third-order valence-corrected chi connectivity index (χ3v) is 6.04. The van der Waals surface area contributed by atoms with E-state index in [9.17, 15) is 9.59 Å². The summed E-state index contributed by atoms with van der Waals surface area (Å²) < 4.78 is 5.38. The molecule has 0 aromatic carbocycles. The summed E-state index contributed by atoms with van der Waals surface area (Å²) in [6, 6.07) is 0.368. The van der Waals surface area contributed by atoms with Crippen LogP contribution in [0.1, 0.15) is 39.0 Å². The summed E-state index contributed by atoms with van der Waals surface area (Å²) in [6.07, 6.45) is 4.82. The molecule has 148 valence electrons. The van der Waals surface area contributed by atoms with E-state index in [1.165, 1.54) is 0 Å². The summed E-state index contributed by atoms with van der Waals surface area (Å²) in [7, 11) is 0. The van der Waals surface area contributed by atoms with Crippen LogP contribution >= 0.6 is 0 Å². The average Bonchev–Trinajstić information content (AvgIpc) is 3.22. The lowest BCUT2D eigenvalue weighted by Gasteiger charge is -2.34. The van der Waals surface area contributed by atoms with E-state index in [4.69, 9.17) is 4.74 Å². The van der Waals surface area contributed by atoms with Gasteiger partial charge in [0.1, 0.15) is 0 Å². The first-order valence-corrected chi connectivity index (χ1v) is 10.3. The summed E-state index contributed by atoms with van der Waals surface area (Å²) in [6.45, 7) is 9.65. The van der Waals surface area contributed by atoms with Gasteiger partial charge in [-0.1, -0.05) is 0 Å². The smallest absolute Gasteiger partial charge is 0.317 e. The Bertz CT molecular complexity index is 467. The van der Waals surface area contributed by atoms with E-state index in [0.29, 0.717) is 30.8 Å². The van der Waals surface area contributed by atoms with Gasteiger partial charge in [0.15, 0.2) is 0 Å². The molecule has 0 spiro atoms. The van der Waals surface area contributed by atoms with E-state index in [-0.39, 0.29) is 6.03 Å². The Morgan fingerprint density at radius 3 is 2.31 bits per heavy atom. The zero-order valence-corrected chi connectivity index (χ0v) is 16.1. The van der Waals surface area contributed by atoms with E-state index in [1.54, 1.807) is 0 Å². The molecule has 0 aliphatic carbocycles. The highest BCUT2D eigenvalue weighted by Gasteiger charge is 2.27. The van der Waals surface area contributed by atoms with Gasteiger partial charge in [-0.15, -0.1) is 0 Å². The molecule has 0 saturated carbocycles. The lowest BCUT2D eigenvalue weighted by Crippen LogP contribution is -2.51. The molecule has 3 fully saturated rings. The lowest BCUT2D eigenvalue weighted by atomic mass is 9.93. The topological polar surface area (TPSA) is 65.1 Å². The highest BCUT2D eigenvalue weighted by atomic mass is 16.5. The van der Waals surface area contributed by atoms with Gasteiger partial charge in [0.25, 0.3) is 0 Å². The quantitative estimate of drug-likeness (QED) is 0.793. The average molecular weight is 367 g/mol. The zero-order valence-electron chi connectivity index (χ0n) is 16.1. The number of carbonyl (C=O) groups excluding carboxylic acids is 2. The van der Waals surface area contributed by atoms with Crippen molar-refractivity contribution < 1.29 is 14.3 Å². The molecule has 3 rings (SSSR count). The van der Waals surface area contributed by atoms with Crippen molar-refractivity contribution in [1.29, 1.82) is 0 Å². The SMILES string of the molecule is CC(CNC(=O)N1CCC(CC(=O)N2CCCC2)CC1)N1CCOCC1. The molecule has 3 amide bonds. The molecule has 3 saturated heterocycles. The zero-order chi connectivity index (χ0) is 18.4. The highest BCUT2D eigenvalue weighted by molar-refractivity contribution is 5.77. The van der Waals surface area contributed by atoms with Crippen LogP contribution in [0.15, 0.2) is 0 Å². The fraction of sp³-hybridized carbons (Fsp3) is 0.895. The normalized spacial score (nSPS) is 23.9. The maximum atomic E-state index is 12.4. The summed E-state index contributed by atoms with van der Waals surface area (Å²) in [5.41, 5.74) is 0. The van der Waals surface area contributed by atoms with Crippen LogP contribution in [0.5, 0.6) is 0 Å². The molecule has 3 heterocycles. The van der Waals surface area contributed by atoms with Crippen LogP contribution in [-0.4, -0.2) is 91.7 Å². The van der Waals surface area contributed by atoms with E-state index in [1.807, 2.05) is 9.80 Å². The minimum atomic E-state index is 0.0365. The Balaban J connectivity index is 1.33. The molecule has 0 radical (unpaired) electrons. The van der Waals surface area contributed by atoms with Gasteiger partial charge in [-0.3, -0.25) is 9.69 Å². The molecular weight excluding hydrogens is 332 g/mol. The second-order valence-corrected chi connectivity index (χ2v) is 7.91. The molecule has 0 aromatic heterocycles. The van der Waals surface area contributed by atoms with E-state index in [0.717, 1.165) is 78.2 Å². The van der Waals surface area contributed by atoms with E-state index >= 15 is 0 Å². The predicted octanol–water partition coefficient (Wildman–Crippen LogP) is 1.14. The van der Waals surface area contributed by atoms with Gasteiger partial charge >= 0.3 is 6.03 Å². The van der Waals surface area contributed by atoms with Crippen LogP contribution in [0, 0.1) is 5.92 Å². The van der Waals surface area contributed by atoms with Gasteiger partial charge in [0, 0.05) is 58.3 Å². The standard InChI is InChI=1S/C19H34N4O3/c1-16(21-10-12-26-13-11-21)15-20-19(25)23-8-4-17(5-9-23)14-18(24)22-6-2-3-7-22/h16-17H,2-15H2,1H3,(H,20,25). The number of likely N-dealkylation sites (tertiary alicyclic amines) is 2. The number of morpholine rings is 1. The van der Waals surface area contributed by atoms with Crippen molar-refractivity contribution in [2.75, 3.05) is 59.0 Å². The highest BCUT2D eigenvalue weighted by Crippen LogP contribution is 2.22. The molecular formula is C19H34N4O3. The number of amides is 3. The molecule has 26 heavy (non-hydrogen) atoms. The monoisotopic (exact) mass is 366 g/mol. The van der Waals surface area contributed by atoms with Crippen molar-refractivity contribution >= 4 is 11.9 Å². The summed E-state index contributed by atoms with van der Waals surface area (Å²) in [5, 5.41) is 3.08. The van der Waals surface area contributed by atoms with Crippen LogP contribution in [0.4, 0.5) is 4.79 Å². The number of ether oxygens (including phenoxy) is 1. The van der Waals surface area contributed by atoms with E-state index < -0.39 is 0 Å². The third kappa shape index (κ3) is 5.33. The Morgan fingerprint density at radius 2 is 1.65 bits per heavy atom. The van der Waals surface area contributed by atoms with Crippen molar-refractivity contribution in [3.8, 4) is 0 Å². The van der Waals surface area contributed by atoms with Crippen molar-refractivity contribution in [2.24, 2.45) is 5.92 Å². The number of nitrogens with zero attached hydrogens (tertiary/aromatic N) is 3. The number of carbonyl (C=O) groups is 2. The summed E-state index contributed by atoms with van der Waals surface area (Å²) in [4.78, 5) is 31.0. The Hall–Kier alpha value is -1.34. The number of hydrogen-bond donors (Lipinski definition) is 1. The first-order chi connectivity index (χ1) is 12.6. The fourth-order valence-corrected chi connectivity index (χ4v) is 4.18. The fourth-order valence-electron chi connectivity index (χ4n) is 4.18. The number of rotatable bonds is 5. The summed E-state index contributed by atoms with van der Waals surface area (Å²) in [5.74, 6) is 0.740. The van der Waals surface area contributed by atoms with Crippen LogP contribution in [0.25, 0.3) is 0 Å². The molecule has 0 aromatic rings. The number of hydrogen-bond acceptors (Lipinski definition) is 4. The lowest BCUT2D eigenvalue weighted by molar-refractivity contribution is -0.131. The van der Waals surface area contributed by atoms with Gasteiger partial charge in [-0.05, 0) is 38.5 Å².